The van der Waals surface area contributed by atoms with Crippen LogP contribution in [0.25, 0.3) is 0 Å². The van der Waals surface area contributed by atoms with E-state index in [9.17, 15) is 14.4 Å². The van der Waals surface area contributed by atoms with E-state index < -0.39 is 0 Å². The van der Waals surface area contributed by atoms with Gasteiger partial charge >= 0.3 is 0 Å². The molecular formula is C23H28N2O3. The van der Waals surface area contributed by atoms with Crippen LogP contribution in [0.5, 0.6) is 0 Å². The molecule has 0 saturated heterocycles. The molecule has 0 unspecified atom stereocenters. The molecule has 0 bridgehead atoms. The Kier molecular flexibility index (Phi) is 7.50. The van der Waals surface area contributed by atoms with E-state index in [0.29, 0.717) is 24.3 Å². The molecule has 2 rings (SSSR count). The number of carbonyl (C=O) groups is 3. The van der Waals surface area contributed by atoms with Gasteiger partial charge in [-0.25, -0.2) is 0 Å². The van der Waals surface area contributed by atoms with Gasteiger partial charge in [0.1, 0.15) is 0 Å². The zero-order valence-electron chi connectivity index (χ0n) is 17.0. The predicted octanol–water partition coefficient (Wildman–Crippen LogP) is 4.07. The van der Waals surface area contributed by atoms with E-state index in [2.05, 4.69) is 0 Å². The first kappa shape index (κ1) is 21.4. The van der Waals surface area contributed by atoms with Gasteiger partial charge < -0.3 is 9.80 Å². The Morgan fingerprint density at radius 2 is 1.50 bits per heavy atom. The predicted molar refractivity (Wildman–Crippen MR) is 111 cm³/mol. The number of nitrogens with zero attached hydrogens (tertiary/aromatic N) is 2. The number of hydrogen-bond donors (Lipinski definition) is 0. The SMILES string of the molecule is CC(=O)c1ccc(N(CCC(=O)N(Cc2ccccc2)C(C)C)C(C)=O)cc1. The minimum Gasteiger partial charge on any atom is -0.336 e. The highest BCUT2D eigenvalue weighted by molar-refractivity contribution is 5.96. The fourth-order valence-electron chi connectivity index (χ4n) is 3.03. The summed E-state index contributed by atoms with van der Waals surface area (Å²) in [5, 5.41) is 0. The second-order valence-electron chi connectivity index (χ2n) is 7.12. The van der Waals surface area contributed by atoms with E-state index in [4.69, 9.17) is 0 Å². The van der Waals surface area contributed by atoms with Crippen molar-refractivity contribution in [3.63, 3.8) is 0 Å². The summed E-state index contributed by atoms with van der Waals surface area (Å²) in [5.74, 6) is -0.155. The highest BCUT2D eigenvalue weighted by Gasteiger charge is 2.20. The zero-order chi connectivity index (χ0) is 20.7. The normalized spacial score (nSPS) is 10.6. The first-order valence-corrected chi connectivity index (χ1v) is 9.52. The van der Waals surface area contributed by atoms with Crippen molar-refractivity contribution in [1.29, 1.82) is 0 Å². The lowest BCUT2D eigenvalue weighted by Gasteiger charge is -2.28. The lowest BCUT2D eigenvalue weighted by atomic mass is 10.1. The second-order valence-corrected chi connectivity index (χ2v) is 7.12. The lowest BCUT2D eigenvalue weighted by Crippen LogP contribution is -2.39. The minimum absolute atomic E-state index is 0.00505. The number of rotatable bonds is 8. The van der Waals surface area contributed by atoms with Crippen LogP contribution in [0.4, 0.5) is 5.69 Å². The van der Waals surface area contributed by atoms with Gasteiger partial charge in [0.05, 0.1) is 0 Å². The molecule has 0 aliphatic heterocycles. The summed E-state index contributed by atoms with van der Waals surface area (Å²) in [6, 6.07) is 16.8. The van der Waals surface area contributed by atoms with Crippen LogP contribution in [0.1, 0.15) is 50.0 Å². The Morgan fingerprint density at radius 1 is 0.893 bits per heavy atom. The third-order valence-electron chi connectivity index (χ3n) is 4.65. The molecule has 2 aromatic rings. The van der Waals surface area contributed by atoms with Gasteiger partial charge in [-0.3, -0.25) is 14.4 Å². The maximum absolute atomic E-state index is 12.8. The van der Waals surface area contributed by atoms with Crippen molar-refractivity contribution in [2.75, 3.05) is 11.4 Å². The van der Waals surface area contributed by atoms with Gasteiger partial charge in [-0.15, -0.1) is 0 Å². The number of amides is 2. The molecule has 0 fully saturated rings. The zero-order valence-corrected chi connectivity index (χ0v) is 17.0. The molecule has 0 atom stereocenters. The quantitative estimate of drug-likeness (QED) is 0.649. The number of carbonyl (C=O) groups excluding carboxylic acids is 3. The Hall–Kier alpha value is -2.95. The second kappa shape index (κ2) is 9.83. The molecule has 2 amide bonds. The summed E-state index contributed by atoms with van der Waals surface area (Å²) in [7, 11) is 0. The third-order valence-corrected chi connectivity index (χ3v) is 4.65. The molecule has 0 spiro atoms. The van der Waals surface area contributed by atoms with Crippen LogP contribution in [-0.4, -0.2) is 35.1 Å². The monoisotopic (exact) mass is 380 g/mol. The van der Waals surface area contributed by atoms with E-state index in [1.165, 1.54) is 13.8 Å². The van der Waals surface area contributed by atoms with Crippen molar-refractivity contribution in [3.8, 4) is 0 Å². The average molecular weight is 380 g/mol. The van der Waals surface area contributed by atoms with E-state index in [1.54, 1.807) is 29.2 Å². The molecule has 0 aromatic heterocycles. The van der Waals surface area contributed by atoms with Crippen molar-refractivity contribution >= 4 is 23.3 Å². The fourth-order valence-corrected chi connectivity index (χ4v) is 3.03. The van der Waals surface area contributed by atoms with Gasteiger partial charge in [0, 0.05) is 43.7 Å². The van der Waals surface area contributed by atoms with Crippen molar-refractivity contribution in [3.05, 3.63) is 65.7 Å². The number of benzene rings is 2. The number of hydrogen-bond acceptors (Lipinski definition) is 3. The molecule has 5 heteroatoms. The van der Waals surface area contributed by atoms with Crippen molar-refractivity contribution in [2.45, 2.75) is 46.7 Å². The largest absolute Gasteiger partial charge is 0.336 e. The Labute approximate surface area is 167 Å². The summed E-state index contributed by atoms with van der Waals surface area (Å²) in [6.07, 6.45) is 0.235. The molecule has 5 nitrogen and oxygen atoms in total. The standard InChI is InChI=1S/C23H28N2O3/c1-17(2)25(16-20-8-6-5-7-9-20)23(28)14-15-24(19(4)27)22-12-10-21(11-13-22)18(3)26/h5-13,17H,14-16H2,1-4H3. The first-order chi connectivity index (χ1) is 13.3. The smallest absolute Gasteiger partial charge is 0.224 e. The van der Waals surface area contributed by atoms with Gasteiger partial charge in [0.25, 0.3) is 0 Å². The Balaban J connectivity index is 2.07. The Bertz CT molecular complexity index is 814. The van der Waals surface area contributed by atoms with Crippen LogP contribution in [0.3, 0.4) is 0 Å². The fraction of sp³-hybridized carbons (Fsp3) is 0.348. The topological polar surface area (TPSA) is 57.7 Å². The van der Waals surface area contributed by atoms with E-state index in [-0.39, 0.29) is 30.1 Å². The van der Waals surface area contributed by atoms with Gasteiger partial charge in [0.15, 0.2) is 5.78 Å². The number of Topliss-reactive ketones (excluding diaryl/α,β-unsaturated/α-hetero) is 1. The molecule has 0 N–H and O–H groups in total. The third kappa shape index (κ3) is 5.78. The summed E-state index contributed by atoms with van der Waals surface area (Å²) in [4.78, 5) is 39.8. The highest BCUT2D eigenvalue weighted by Crippen LogP contribution is 2.17. The molecule has 28 heavy (non-hydrogen) atoms. The first-order valence-electron chi connectivity index (χ1n) is 9.52. The lowest BCUT2D eigenvalue weighted by molar-refractivity contribution is -0.133. The van der Waals surface area contributed by atoms with Crippen molar-refractivity contribution in [1.82, 2.24) is 4.90 Å². The van der Waals surface area contributed by atoms with Gasteiger partial charge in [0.2, 0.25) is 11.8 Å². The van der Waals surface area contributed by atoms with Gasteiger partial charge in [-0.2, -0.15) is 0 Å². The van der Waals surface area contributed by atoms with Crippen LogP contribution in [-0.2, 0) is 16.1 Å². The van der Waals surface area contributed by atoms with E-state index in [0.717, 1.165) is 5.56 Å². The molecule has 148 valence electrons. The van der Waals surface area contributed by atoms with Crippen LogP contribution < -0.4 is 4.90 Å². The van der Waals surface area contributed by atoms with Gasteiger partial charge in [-0.05, 0) is 50.6 Å². The summed E-state index contributed by atoms with van der Waals surface area (Å²) >= 11 is 0. The molecule has 2 aromatic carbocycles. The average Bonchev–Trinajstić information content (AvgIpc) is 2.66. The minimum atomic E-state index is -0.137. The molecule has 0 radical (unpaired) electrons. The molecule has 0 saturated carbocycles. The maximum Gasteiger partial charge on any atom is 0.224 e. The van der Waals surface area contributed by atoms with E-state index >= 15 is 0 Å². The molecule has 0 aliphatic carbocycles. The van der Waals surface area contributed by atoms with Crippen LogP contribution >= 0.6 is 0 Å². The van der Waals surface area contributed by atoms with Crippen LogP contribution in [0.15, 0.2) is 54.6 Å². The highest BCUT2D eigenvalue weighted by atomic mass is 16.2. The van der Waals surface area contributed by atoms with Crippen LogP contribution in [0.2, 0.25) is 0 Å². The summed E-state index contributed by atoms with van der Waals surface area (Å²) in [5.41, 5.74) is 2.36. The summed E-state index contributed by atoms with van der Waals surface area (Å²) in [6.45, 7) is 7.81. The van der Waals surface area contributed by atoms with Crippen LogP contribution in [0, 0.1) is 0 Å². The summed E-state index contributed by atoms with van der Waals surface area (Å²) < 4.78 is 0. The number of ketones is 1. The molecular weight excluding hydrogens is 352 g/mol. The number of anilines is 1. The molecule has 0 heterocycles. The molecule has 0 aliphatic rings. The van der Waals surface area contributed by atoms with Crippen molar-refractivity contribution in [2.24, 2.45) is 0 Å². The maximum atomic E-state index is 12.8. The van der Waals surface area contributed by atoms with E-state index in [1.807, 2.05) is 49.1 Å². The van der Waals surface area contributed by atoms with Crippen molar-refractivity contribution < 1.29 is 14.4 Å². The van der Waals surface area contributed by atoms with Gasteiger partial charge in [-0.1, -0.05) is 30.3 Å². The Morgan fingerprint density at radius 3 is 2.00 bits per heavy atom.